The number of rotatable bonds is 5. The Kier molecular flexibility index (Phi) is 6.05. The molecule has 4 heteroatoms. The molecule has 1 aromatic carbocycles. The standard InChI is InChI=1S/C16H23BrN2O/c1-13(14-5-7-15(17)8-6-14)18-10-9-16(20)19-11-3-2-4-12-19/h5-8,13,18H,2-4,9-12H2,1H3. The lowest BCUT2D eigenvalue weighted by molar-refractivity contribution is -0.132. The summed E-state index contributed by atoms with van der Waals surface area (Å²) in [6.45, 7) is 4.77. The van der Waals surface area contributed by atoms with Crippen LogP contribution < -0.4 is 5.32 Å². The number of nitrogens with one attached hydrogen (secondary N) is 1. The summed E-state index contributed by atoms with van der Waals surface area (Å²) in [5, 5.41) is 3.43. The first-order valence-corrected chi connectivity index (χ1v) is 8.23. The molecule has 0 aromatic heterocycles. The molecule has 1 aliphatic heterocycles. The second-order valence-electron chi connectivity index (χ2n) is 5.42. The number of likely N-dealkylation sites (tertiary alicyclic amines) is 1. The van der Waals surface area contributed by atoms with Gasteiger partial charge in [-0.3, -0.25) is 4.79 Å². The van der Waals surface area contributed by atoms with Crippen molar-refractivity contribution in [3.8, 4) is 0 Å². The van der Waals surface area contributed by atoms with Gasteiger partial charge < -0.3 is 10.2 Å². The molecule has 1 amide bonds. The van der Waals surface area contributed by atoms with Gasteiger partial charge >= 0.3 is 0 Å². The number of hydrogen-bond donors (Lipinski definition) is 1. The highest BCUT2D eigenvalue weighted by molar-refractivity contribution is 9.10. The molecule has 1 saturated heterocycles. The van der Waals surface area contributed by atoms with E-state index in [1.54, 1.807) is 0 Å². The Morgan fingerprint density at radius 3 is 2.55 bits per heavy atom. The summed E-state index contributed by atoms with van der Waals surface area (Å²) in [6, 6.07) is 8.58. The molecule has 0 spiro atoms. The van der Waals surface area contributed by atoms with Gasteiger partial charge in [-0.1, -0.05) is 28.1 Å². The fraction of sp³-hybridized carbons (Fsp3) is 0.562. The molecular formula is C16H23BrN2O. The smallest absolute Gasteiger partial charge is 0.223 e. The molecule has 1 fully saturated rings. The van der Waals surface area contributed by atoms with E-state index in [-0.39, 0.29) is 6.04 Å². The summed E-state index contributed by atoms with van der Waals surface area (Å²) in [4.78, 5) is 14.0. The van der Waals surface area contributed by atoms with Gasteiger partial charge in [0.2, 0.25) is 5.91 Å². The van der Waals surface area contributed by atoms with Crippen LogP contribution in [0.3, 0.4) is 0 Å². The van der Waals surface area contributed by atoms with Gasteiger partial charge in [0, 0.05) is 36.6 Å². The lowest BCUT2D eigenvalue weighted by atomic mass is 10.1. The minimum Gasteiger partial charge on any atom is -0.343 e. The molecule has 1 aliphatic rings. The molecule has 20 heavy (non-hydrogen) atoms. The summed E-state index contributed by atoms with van der Waals surface area (Å²) in [5.41, 5.74) is 1.25. The Balaban J connectivity index is 1.72. The van der Waals surface area contributed by atoms with Crippen molar-refractivity contribution in [3.63, 3.8) is 0 Å². The molecule has 0 aliphatic carbocycles. The largest absolute Gasteiger partial charge is 0.343 e. The van der Waals surface area contributed by atoms with E-state index in [1.165, 1.54) is 12.0 Å². The molecule has 1 heterocycles. The Morgan fingerprint density at radius 1 is 1.25 bits per heavy atom. The van der Waals surface area contributed by atoms with Crippen LogP contribution >= 0.6 is 15.9 Å². The van der Waals surface area contributed by atoms with Crippen molar-refractivity contribution < 1.29 is 4.79 Å². The van der Waals surface area contributed by atoms with Crippen LogP contribution in [-0.2, 0) is 4.79 Å². The van der Waals surface area contributed by atoms with E-state index in [0.717, 1.165) is 36.9 Å². The quantitative estimate of drug-likeness (QED) is 0.890. The maximum absolute atomic E-state index is 12.0. The number of carbonyl (C=O) groups is 1. The zero-order valence-corrected chi connectivity index (χ0v) is 13.7. The highest BCUT2D eigenvalue weighted by Gasteiger charge is 2.16. The highest BCUT2D eigenvalue weighted by atomic mass is 79.9. The van der Waals surface area contributed by atoms with Crippen LogP contribution in [0.1, 0.15) is 44.2 Å². The van der Waals surface area contributed by atoms with Crippen molar-refractivity contribution in [3.05, 3.63) is 34.3 Å². The van der Waals surface area contributed by atoms with Gasteiger partial charge in [-0.2, -0.15) is 0 Å². The van der Waals surface area contributed by atoms with E-state index in [2.05, 4.69) is 40.3 Å². The predicted molar refractivity (Wildman–Crippen MR) is 85.6 cm³/mol. The Labute approximate surface area is 129 Å². The van der Waals surface area contributed by atoms with E-state index < -0.39 is 0 Å². The first-order valence-electron chi connectivity index (χ1n) is 7.43. The van der Waals surface area contributed by atoms with Gasteiger partial charge in [-0.15, -0.1) is 0 Å². The minimum absolute atomic E-state index is 0.275. The molecule has 1 atom stereocenters. The topological polar surface area (TPSA) is 32.3 Å². The van der Waals surface area contributed by atoms with Gasteiger partial charge in [0.25, 0.3) is 0 Å². The van der Waals surface area contributed by atoms with Crippen LogP contribution in [0.5, 0.6) is 0 Å². The molecule has 0 radical (unpaired) electrons. The summed E-state index contributed by atoms with van der Waals surface area (Å²) in [7, 11) is 0. The summed E-state index contributed by atoms with van der Waals surface area (Å²) in [5.74, 6) is 0.292. The van der Waals surface area contributed by atoms with E-state index in [9.17, 15) is 4.79 Å². The molecule has 3 nitrogen and oxygen atoms in total. The molecule has 0 saturated carbocycles. The normalized spacial score (nSPS) is 17.0. The molecule has 2 rings (SSSR count). The average Bonchev–Trinajstić information content (AvgIpc) is 2.48. The zero-order valence-electron chi connectivity index (χ0n) is 12.1. The molecule has 1 unspecified atom stereocenters. The Hall–Kier alpha value is -0.870. The monoisotopic (exact) mass is 338 g/mol. The second-order valence-corrected chi connectivity index (χ2v) is 6.33. The van der Waals surface area contributed by atoms with Crippen molar-refractivity contribution >= 4 is 21.8 Å². The fourth-order valence-electron chi connectivity index (χ4n) is 2.57. The van der Waals surface area contributed by atoms with Crippen LogP contribution in [0, 0.1) is 0 Å². The predicted octanol–water partition coefficient (Wildman–Crippen LogP) is 3.50. The highest BCUT2D eigenvalue weighted by Crippen LogP contribution is 2.16. The molecular weight excluding hydrogens is 316 g/mol. The number of nitrogens with zero attached hydrogens (tertiary/aromatic N) is 1. The summed E-state index contributed by atoms with van der Waals surface area (Å²) < 4.78 is 1.09. The van der Waals surface area contributed by atoms with Gasteiger partial charge in [0.05, 0.1) is 0 Å². The number of halogens is 1. The van der Waals surface area contributed by atoms with E-state index in [0.29, 0.717) is 12.3 Å². The number of hydrogen-bond acceptors (Lipinski definition) is 2. The van der Waals surface area contributed by atoms with Gasteiger partial charge in [0.1, 0.15) is 0 Å². The fourth-order valence-corrected chi connectivity index (χ4v) is 2.83. The average molecular weight is 339 g/mol. The van der Waals surface area contributed by atoms with Crippen LogP contribution in [0.2, 0.25) is 0 Å². The lowest BCUT2D eigenvalue weighted by Gasteiger charge is -2.27. The van der Waals surface area contributed by atoms with Crippen molar-refractivity contribution in [1.29, 1.82) is 0 Å². The number of carbonyl (C=O) groups excluding carboxylic acids is 1. The van der Waals surface area contributed by atoms with E-state index in [1.807, 2.05) is 17.0 Å². The zero-order chi connectivity index (χ0) is 14.4. The minimum atomic E-state index is 0.275. The Morgan fingerprint density at radius 2 is 1.90 bits per heavy atom. The third-order valence-electron chi connectivity index (χ3n) is 3.87. The third-order valence-corrected chi connectivity index (χ3v) is 4.40. The van der Waals surface area contributed by atoms with Crippen LogP contribution in [-0.4, -0.2) is 30.4 Å². The molecule has 0 bridgehead atoms. The lowest BCUT2D eigenvalue weighted by Crippen LogP contribution is -2.37. The Bertz CT molecular complexity index is 427. The second kappa shape index (κ2) is 7.79. The van der Waals surface area contributed by atoms with Gasteiger partial charge in [-0.05, 0) is 43.9 Å². The maximum Gasteiger partial charge on any atom is 0.223 e. The van der Waals surface area contributed by atoms with Crippen LogP contribution in [0.4, 0.5) is 0 Å². The first-order chi connectivity index (χ1) is 9.66. The van der Waals surface area contributed by atoms with Crippen molar-refractivity contribution in [2.45, 2.75) is 38.6 Å². The number of amides is 1. The van der Waals surface area contributed by atoms with Crippen LogP contribution in [0.25, 0.3) is 0 Å². The van der Waals surface area contributed by atoms with E-state index >= 15 is 0 Å². The third kappa shape index (κ3) is 4.60. The number of benzene rings is 1. The summed E-state index contributed by atoms with van der Waals surface area (Å²) in [6.07, 6.45) is 4.19. The van der Waals surface area contributed by atoms with Crippen molar-refractivity contribution in [1.82, 2.24) is 10.2 Å². The van der Waals surface area contributed by atoms with Crippen molar-refractivity contribution in [2.75, 3.05) is 19.6 Å². The molecule has 1 aromatic rings. The van der Waals surface area contributed by atoms with E-state index in [4.69, 9.17) is 0 Å². The van der Waals surface area contributed by atoms with Crippen LogP contribution in [0.15, 0.2) is 28.7 Å². The molecule has 110 valence electrons. The maximum atomic E-state index is 12.0. The van der Waals surface area contributed by atoms with Gasteiger partial charge in [0.15, 0.2) is 0 Å². The SMILES string of the molecule is CC(NCCC(=O)N1CCCCC1)c1ccc(Br)cc1. The first kappa shape index (κ1) is 15.5. The number of piperidine rings is 1. The van der Waals surface area contributed by atoms with Crippen molar-refractivity contribution in [2.24, 2.45) is 0 Å². The molecule has 1 N–H and O–H groups in total. The summed E-state index contributed by atoms with van der Waals surface area (Å²) >= 11 is 3.44. The van der Waals surface area contributed by atoms with Gasteiger partial charge in [-0.25, -0.2) is 0 Å².